The van der Waals surface area contributed by atoms with Crippen molar-refractivity contribution in [2.45, 2.75) is 38.8 Å². The van der Waals surface area contributed by atoms with E-state index in [-0.39, 0.29) is 12.1 Å². The lowest BCUT2D eigenvalue weighted by atomic mass is 9.99. The highest BCUT2D eigenvalue weighted by atomic mass is 79.9. The number of rotatable bonds is 2. The van der Waals surface area contributed by atoms with Crippen molar-refractivity contribution in [3.05, 3.63) is 28.2 Å². The summed E-state index contributed by atoms with van der Waals surface area (Å²) >= 11 is 3.48. The first-order valence-electron chi connectivity index (χ1n) is 7.27. The van der Waals surface area contributed by atoms with Gasteiger partial charge < -0.3 is 10.6 Å². The summed E-state index contributed by atoms with van der Waals surface area (Å²) in [7, 11) is 0. The molecule has 2 unspecified atom stereocenters. The molecule has 1 aromatic heterocycles. The van der Waals surface area contributed by atoms with Gasteiger partial charge in [0.05, 0.1) is 0 Å². The number of piperidine rings is 1. The van der Waals surface area contributed by atoms with Crippen LogP contribution in [0.5, 0.6) is 0 Å². The molecule has 2 atom stereocenters. The van der Waals surface area contributed by atoms with Crippen LogP contribution in [0, 0.1) is 6.92 Å². The second kappa shape index (κ2) is 5.77. The van der Waals surface area contributed by atoms with Gasteiger partial charge in [0.25, 0.3) is 0 Å². The van der Waals surface area contributed by atoms with Gasteiger partial charge in [0, 0.05) is 28.7 Å². The average molecular weight is 350 g/mol. The first kappa shape index (κ1) is 14.5. The van der Waals surface area contributed by atoms with Gasteiger partial charge in [0.15, 0.2) is 5.82 Å². The minimum absolute atomic E-state index is 0.190. The SMILES string of the molecule is Cc1cc(Br)ccc1-c1nc(N2CCCC(N)C2C)n[nH]1. The number of aryl methyl sites for hydroxylation is 1. The third-order valence-electron chi connectivity index (χ3n) is 4.22. The first-order valence-corrected chi connectivity index (χ1v) is 8.06. The molecule has 21 heavy (non-hydrogen) atoms. The molecule has 3 rings (SSSR count). The second-order valence-electron chi connectivity index (χ2n) is 5.68. The van der Waals surface area contributed by atoms with Crippen molar-refractivity contribution in [1.82, 2.24) is 15.2 Å². The third-order valence-corrected chi connectivity index (χ3v) is 4.72. The van der Waals surface area contributed by atoms with Gasteiger partial charge >= 0.3 is 0 Å². The minimum Gasteiger partial charge on any atom is -0.335 e. The van der Waals surface area contributed by atoms with Crippen molar-refractivity contribution >= 4 is 21.9 Å². The van der Waals surface area contributed by atoms with Crippen LogP contribution in [-0.4, -0.2) is 33.8 Å². The van der Waals surface area contributed by atoms with Crippen LogP contribution in [-0.2, 0) is 0 Å². The van der Waals surface area contributed by atoms with Crippen LogP contribution in [0.2, 0.25) is 0 Å². The van der Waals surface area contributed by atoms with E-state index in [1.54, 1.807) is 0 Å². The average Bonchev–Trinajstić information content (AvgIpc) is 2.91. The van der Waals surface area contributed by atoms with E-state index < -0.39 is 0 Å². The summed E-state index contributed by atoms with van der Waals surface area (Å²) in [6, 6.07) is 6.61. The Morgan fingerprint density at radius 2 is 2.24 bits per heavy atom. The number of hydrogen-bond donors (Lipinski definition) is 2. The highest BCUT2D eigenvalue weighted by Gasteiger charge is 2.27. The summed E-state index contributed by atoms with van der Waals surface area (Å²) in [5, 5.41) is 7.44. The third kappa shape index (κ3) is 2.82. The van der Waals surface area contributed by atoms with Gasteiger partial charge in [0.1, 0.15) is 0 Å². The van der Waals surface area contributed by atoms with Gasteiger partial charge in [-0.1, -0.05) is 15.9 Å². The fourth-order valence-electron chi connectivity index (χ4n) is 2.85. The van der Waals surface area contributed by atoms with Crippen LogP contribution in [0.15, 0.2) is 22.7 Å². The number of H-pyrrole nitrogens is 1. The van der Waals surface area contributed by atoms with E-state index in [0.717, 1.165) is 46.8 Å². The lowest BCUT2D eigenvalue weighted by Crippen LogP contribution is -2.50. The van der Waals surface area contributed by atoms with Crippen LogP contribution in [0.4, 0.5) is 5.95 Å². The fourth-order valence-corrected chi connectivity index (χ4v) is 3.33. The molecule has 0 spiro atoms. The van der Waals surface area contributed by atoms with Crippen LogP contribution in [0.3, 0.4) is 0 Å². The van der Waals surface area contributed by atoms with Gasteiger partial charge in [-0.2, -0.15) is 4.98 Å². The Morgan fingerprint density at radius 3 is 3.00 bits per heavy atom. The van der Waals surface area contributed by atoms with E-state index in [9.17, 15) is 0 Å². The van der Waals surface area contributed by atoms with E-state index in [1.165, 1.54) is 0 Å². The van der Waals surface area contributed by atoms with Crippen molar-refractivity contribution in [2.75, 3.05) is 11.4 Å². The summed E-state index contributed by atoms with van der Waals surface area (Å²) in [4.78, 5) is 6.86. The number of nitrogens with zero attached hydrogens (tertiary/aromatic N) is 3. The predicted octanol–water partition coefficient (Wildman–Crippen LogP) is 2.86. The number of nitrogens with two attached hydrogens (primary N) is 1. The van der Waals surface area contributed by atoms with Gasteiger partial charge in [-0.25, -0.2) is 0 Å². The van der Waals surface area contributed by atoms with E-state index in [0.29, 0.717) is 0 Å². The largest absolute Gasteiger partial charge is 0.335 e. The lowest BCUT2D eigenvalue weighted by molar-refractivity contribution is 0.416. The molecule has 6 heteroatoms. The minimum atomic E-state index is 0.190. The molecular formula is C15H20BrN5. The molecular weight excluding hydrogens is 330 g/mol. The van der Waals surface area contributed by atoms with E-state index in [1.807, 2.05) is 6.07 Å². The normalized spacial score (nSPS) is 22.6. The molecule has 2 heterocycles. The maximum Gasteiger partial charge on any atom is 0.245 e. The molecule has 3 N–H and O–H groups in total. The molecule has 2 aromatic rings. The van der Waals surface area contributed by atoms with Gasteiger partial charge in [-0.15, -0.1) is 5.10 Å². The number of aromatic amines is 1. The number of hydrogen-bond acceptors (Lipinski definition) is 4. The molecule has 1 saturated heterocycles. The number of aromatic nitrogens is 3. The summed E-state index contributed by atoms with van der Waals surface area (Å²) in [6.07, 6.45) is 2.16. The van der Waals surface area contributed by atoms with Crippen molar-refractivity contribution < 1.29 is 0 Å². The predicted molar refractivity (Wildman–Crippen MR) is 88.3 cm³/mol. The molecule has 1 aliphatic rings. The van der Waals surface area contributed by atoms with Crippen LogP contribution in [0.1, 0.15) is 25.3 Å². The quantitative estimate of drug-likeness (QED) is 0.874. The Hall–Kier alpha value is -1.40. The zero-order valence-corrected chi connectivity index (χ0v) is 13.9. The monoisotopic (exact) mass is 349 g/mol. The summed E-state index contributed by atoms with van der Waals surface area (Å²) in [5.74, 6) is 1.55. The Labute approximate surface area is 133 Å². The molecule has 0 aliphatic carbocycles. The summed E-state index contributed by atoms with van der Waals surface area (Å²) in [6.45, 7) is 5.18. The van der Waals surface area contributed by atoms with Crippen molar-refractivity contribution in [3.63, 3.8) is 0 Å². The standard InChI is InChI=1S/C15H20BrN5/c1-9-8-11(16)5-6-12(9)14-18-15(20-19-14)21-7-3-4-13(17)10(21)2/h5-6,8,10,13H,3-4,7,17H2,1-2H3,(H,18,19,20). The maximum atomic E-state index is 6.15. The molecule has 1 fully saturated rings. The molecule has 1 aliphatic heterocycles. The number of nitrogens with one attached hydrogen (secondary N) is 1. The topological polar surface area (TPSA) is 70.8 Å². The van der Waals surface area contributed by atoms with E-state index in [4.69, 9.17) is 5.73 Å². The van der Waals surface area contributed by atoms with Gasteiger partial charge in [-0.05, 0) is 50.5 Å². The molecule has 112 valence electrons. The molecule has 1 aromatic carbocycles. The number of anilines is 1. The van der Waals surface area contributed by atoms with Crippen molar-refractivity contribution in [2.24, 2.45) is 5.73 Å². The Kier molecular flexibility index (Phi) is 3.99. The lowest BCUT2D eigenvalue weighted by Gasteiger charge is -2.36. The van der Waals surface area contributed by atoms with E-state index >= 15 is 0 Å². The smallest absolute Gasteiger partial charge is 0.245 e. The molecule has 0 saturated carbocycles. The fraction of sp³-hybridized carbons (Fsp3) is 0.467. The number of halogens is 1. The van der Waals surface area contributed by atoms with Gasteiger partial charge in [-0.3, -0.25) is 5.10 Å². The molecule has 5 nitrogen and oxygen atoms in total. The van der Waals surface area contributed by atoms with Gasteiger partial charge in [0.2, 0.25) is 5.95 Å². The summed E-state index contributed by atoms with van der Waals surface area (Å²) < 4.78 is 1.07. The molecule has 0 bridgehead atoms. The highest BCUT2D eigenvalue weighted by Crippen LogP contribution is 2.26. The Morgan fingerprint density at radius 1 is 1.43 bits per heavy atom. The van der Waals surface area contributed by atoms with Crippen LogP contribution in [0.25, 0.3) is 11.4 Å². The van der Waals surface area contributed by atoms with Crippen molar-refractivity contribution in [1.29, 1.82) is 0 Å². The zero-order chi connectivity index (χ0) is 15.0. The van der Waals surface area contributed by atoms with Crippen molar-refractivity contribution in [3.8, 4) is 11.4 Å². The van der Waals surface area contributed by atoms with E-state index in [2.05, 4.69) is 62.0 Å². The summed E-state index contributed by atoms with van der Waals surface area (Å²) in [5.41, 5.74) is 8.39. The Balaban J connectivity index is 1.89. The highest BCUT2D eigenvalue weighted by molar-refractivity contribution is 9.10. The molecule has 0 amide bonds. The first-order chi connectivity index (χ1) is 10.1. The second-order valence-corrected chi connectivity index (χ2v) is 6.60. The molecule has 0 radical (unpaired) electrons. The Bertz CT molecular complexity index is 639. The maximum absolute atomic E-state index is 6.15. The van der Waals surface area contributed by atoms with Crippen LogP contribution >= 0.6 is 15.9 Å². The zero-order valence-electron chi connectivity index (χ0n) is 12.3. The van der Waals surface area contributed by atoms with Crippen LogP contribution < -0.4 is 10.6 Å². The number of benzene rings is 1.